The highest BCUT2D eigenvalue weighted by molar-refractivity contribution is 9.11. The molecule has 1 aliphatic heterocycles. The van der Waals surface area contributed by atoms with E-state index in [0.717, 1.165) is 25.5 Å². The van der Waals surface area contributed by atoms with Gasteiger partial charge < -0.3 is 10.2 Å². The van der Waals surface area contributed by atoms with Crippen molar-refractivity contribution in [3.05, 3.63) is 39.1 Å². The molecule has 1 saturated heterocycles. The third kappa shape index (κ3) is 3.56. The van der Waals surface area contributed by atoms with Gasteiger partial charge in [-0.3, -0.25) is 0 Å². The number of aromatic nitrogens is 2. The highest BCUT2D eigenvalue weighted by Crippen LogP contribution is 2.22. The van der Waals surface area contributed by atoms with Crippen LogP contribution in [0.4, 0.5) is 5.82 Å². The topological polar surface area (TPSA) is 41.0 Å². The number of hydrogen-bond acceptors (Lipinski definition) is 5. The third-order valence-corrected chi connectivity index (χ3v) is 5.12. The molecular weight excluding hydrogens is 336 g/mol. The zero-order chi connectivity index (χ0) is 13.8. The third-order valence-electron chi connectivity index (χ3n) is 3.50. The van der Waals surface area contributed by atoms with Crippen molar-refractivity contribution in [2.75, 3.05) is 18.0 Å². The lowest BCUT2D eigenvalue weighted by Crippen LogP contribution is -2.45. The summed E-state index contributed by atoms with van der Waals surface area (Å²) in [5, 5.41) is 11.8. The maximum atomic E-state index is 4.20. The molecule has 0 amide bonds. The first-order chi connectivity index (χ1) is 9.81. The molecule has 4 nitrogen and oxygen atoms in total. The molecule has 0 aromatic carbocycles. The van der Waals surface area contributed by atoms with Gasteiger partial charge in [0.1, 0.15) is 0 Å². The molecule has 1 N–H and O–H groups in total. The minimum atomic E-state index is 0.520. The van der Waals surface area contributed by atoms with Crippen LogP contribution >= 0.6 is 27.3 Å². The number of hydrogen-bond donors (Lipinski definition) is 1. The van der Waals surface area contributed by atoms with E-state index in [1.165, 1.54) is 21.5 Å². The van der Waals surface area contributed by atoms with Gasteiger partial charge in [-0.1, -0.05) is 0 Å². The Bertz CT molecular complexity index is 545. The highest BCUT2D eigenvalue weighted by Gasteiger charge is 2.20. The molecular formula is C14H17BrN4S. The summed E-state index contributed by atoms with van der Waals surface area (Å²) in [6, 6.07) is 8.78. The van der Waals surface area contributed by atoms with E-state index in [0.29, 0.717) is 6.04 Å². The molecule has 3 rings (SSSR count). The summed E-state index contributed by atoms with van der Waals surface area (Å²) in [5.41, 5.74) is 0. The SMILES string of the molecule is Brc1ccc(CNC2CCCN(c3cccnn3)C2)s1. The molecule has 0 aliphatic carbocycles. The Morgan fingerprint density at radius 1 is 1.40 bits per heavy atom. The summed E-state index contributed by atoms with van der Waals surface area (Å²) < 4.78 is 1.19. The first kappa shape index (κ1) is 14.0. The normalized spacial score (nSPS) is 19.2. The number of thiophene rings is 1. The molecule has 0 spiro atoms. The smallest absolute Gasteiger partial charge is 0.151 e. The number of rotatable bonds is 4. The van der Waals surface area contributed by atoms with Crippen molar-refractivity contribution in [1.82, 2.24) is 15.5 Å². The second-order valence-corrected chi connectivity index (χ2v) is 7.50. The van der Waals surface area contributed by atoms with Crippen molar-refractivity contribution < 1.29 is 0 Å². The summed E-state index contributed by atoms with van der Waals surface area (Å²) in [5.74, 6) is 0.984. The Morgan fingerprint density at radius 2 is 2.35 bits per heavy atom. The van der Waals surface area contributed by atoms with Crippen molar-refractivity contribution >= 4 is 33.1 Å². The van der Waals surface area contributed by atoms with E-state index >= 15 is 0 Å². The lowest BCUT2D eigenvalue weighted by atomic mass is 10.1. The van der Waals surface area contributed by atoms with Crippen LogP contribution in [0.3, 0.4) is 0 Å². The molecule has 3 heterocycles. The Labute approximate surface area is 131 Å². The molecule has 0 saturated carbocycles. The van der Waals surface area contributed by atoms with Crippen LogP contribution in [-0.2, 0) is 6.54 Å². The van der Waals surface area contributed by atoms with Gasteiger partial charge in [0.05, 0.1) is 3.79 Å². The minimum absolute atomic E-state index is 0.520. The first-order valence-corrected chi connectivity index (χ1v) is 8.42. The van der Waals surface area contributed by atoms with Crippen LogP contribution in [-0.4, -0.2) is 29.3 Å². The average Bonchev–Trinajstić information content (AvgIpc) is 2.92. The van der Waals surface area contributed by atoms with Gasteiger partial charge >= 0.3 is 0 Å². The summed E-state index contributed by atoms with van der Waals surface area (Å²) in [6.07, 6.45) is 4.14. The number of nitrogens with zero attached hydrogens (tertiary/aromatic N) is 3. The van der Waals surface area contributed by atoms with Gasteiger partial charge in [0.15, 0.2) is 5.82 Å². The molecule has 0 bridgehead atoms. The second-order valence-electron chi connectivity index (χ2n) is 4.95. The first-order valence-electron chi connectivity index (χ1n) is 6.81. The van der Waals surface area contributed by atoms with Gasteiger partial charge in [0.2, 0.25) is 0 Å². The molecule has 2 aromatic heterocycles. The van der Waals surface area contributed by atoms with Gasteiger partial charge in [0, 0.05) is 36.8 Å². The molecule has 0 radical (unpaired) electrons. The van der Waals surface area contributed by atoms with E-state index in [2.05, 4.69) is 48.5 Å². The summed E-state index contributed by atoms with van der Waals surface area (Å²) in [7, 11) is 0. The maximum Gasteiger partial charge on any atom is 0.151 e. The summed E-state index contributed by atoms with van der Waals surface area (Å²) in [6.45, 7) is 3.02. The molecule has 20 heavy (non-hydrogen) atoms. The van der Waals surface area contributed by atoms with Gasteiger partial charge in [-0.15, -0.1) is 16.4 Å². The van der Waals surface area contributed by atoms with E-state index in [1.54, 1.807) is 17.5 Å². The van der Waals surface area contributed by atoms with Crippen molar-refractivity contribution in [3.8, 4) is 0 Å². The molecule has 2 aromatic rings. The standard InChI is InChI=1S/C14H17BrN4S/c15-13-6-5-12(20-13)9-16-11-3-2-8-19(10-11)14-4-1-7-17-18-14/h1,4-7,11,16H,2-3,8-10H2. The van der Waals surface area contributed by atoms with Gasteiger partial charge in [-0.05, 0) is 53.0 Å². The van der Waals surface area contributed by atoms with Crippen LogP contribution in [0.1, 0.15) is 17.7 Å². The Balaban J connectivity index is 1.55. The van der Waals surface area contributed by atoms with Gasteiger partial charge in [-0.25, -0.2) is 0 Å². The predicted molar refractivity (Wildman–Crippen MR) is 86.1 cm³/mol. The Kier molecular flexibility index (Phi) is 4.65. The fourth-order valence-electron chi connectivity index (χ4n) is 2.51. The van der Waals surface area contributed by atoms with Crippen LogP contribution in [0, 0.1) is 0 Å². The van der Waals surface area contributed by atoms with Crippen LogP contribution in [0.5, 0.6) is 0 Å². The van der Waals surface area contributed by atoms with E-state index in [4.69, 9.17) is 0 Å². The quantitative estimate of drug-likeness (QED) is 0.917. The molecule has 106 valence electrons. The number of nitrogens with one attached hydrogen (secondary N) is 1. The Hall–Kier alpha value is -0.980. The van der Waals surface area contributed by atoms with E-state index in [1.807, 2.05) is 12.1 Å². The van der Waals surface area contributed by atoms with Crippen molar-refractivity contribution in [2.45, 2.75) is 25.4 Å². The second kappa shape index (κ2) is 6.65. The number of halogens is 1. The zero-order valence-corrected chi connectivity index (χ0v) is 13.5. The van der Waals surface area contributed by atoms with E-state index < -0.39 is 0 Å². The predicted octanol–water partition coefficient (Wildman–Crippen LogP) is 3.06. The molecule has 1 fully saturated rings. The van der Waals surface area contributed by atoms with Crippen LogP contribution in [0.2, 0.25) is 0 Å². The lowest BCUT2D eigenvalue weighted by Gasteiger charge is -2.33. The van der Waals surface area contributed by atoms with Crippen molar-refractivity contribution in [1.29, 1.82) is 0 Å². The maximum absolute atomic E-state index is 4.20. The monoisotopic (exact) mass is 352 g/mol. The molecule has 6 heteroatoms. The largest absolute Gasteiger partial charge is 0.354 e. The van der Waals surface area contributed by atoms with Crippen molar-refractivity contribution in [3.63, 3.8) is 0 Å². The van der Waals surface area contributed by atoms with E-state index in [9.17, 15) is 0 Å². The fourth-order valence-corrected chi connectivity index (χ4v) is 3.94. The molecule has 1 aliphatic rings. The number of anilines is 1. The van der Waals surface area contributed by atoms with Crippen LogP contribution < -0.4 is 10.2 Å². The van der Waals surface area contributed by atoms with Crippen LogP contribution in [0.15, 0.2) is 34.2 Å². The summed E-state index contributed by atoms with van der Waals surface area (Å²) >= 11 is 5.30. The zero-order valence-electron chi connectivity index (χ0n) is 11.1. The van der Waals surface area contributed by atoms with E-state index in [-0.39, 0.29) is 0 Å². The molecule has 1 atom stereocenters. The highest BCUT2D eigenvalue weighted by atomic mass is 79.9. The lowest BCUT2D eigenvalue weighted by molar-refractivity contribution is 0.421. The molecule has 1 unspecified atom stereocenters. The van der Waals surface area contributed by atoms with Crippen LogP contribution in [0.25, 0.3) is 0 Å². The number of piperidine rings is 1. The Morgan fingerprint density at radius 3 is 3.10 bits per heavy atom. The average molecular weight is 353 g/mol. The van der Waals surface area contributed by atoms with Gasteiger partial charge in [-0.2, -0.15) is 5.10 Å². The van der Waals surface area contributed by atoms with Gasteiger partial charge in [0.25, 0.3) is 0 Å². The minimum Gasteiger partial charge on any atom is -0.354 e. The fraction of sp³-hybridized carbons (Fsp3) is 0.429. The van der Waals surface area contributed by atoms with Crippen molar-refractivity contribution in [2.24, 2.45) is 0 Å². The summed E-state index contributed by atoms with van der Waals surface area (Å²) in [4.78, 5) is 3.69.